The van der Waals surface area contributed by atoms with Crippen molar-refractivity contribution in [2.75, 3.05) is 25.9 Å². The van der Waals surface area contributed by atoms with Gasteiger partial charge in [-0.15, -0.1) is 5.10 Å². The van der Waals surface area contributed by atoms with Gasteiger partial charge in [-0.2, -0.15) is 11.8 Å². The van der Waals surface area contributed by atoms with Crippen molar-refractivity contribution < 1.29 is 4.79 Å². The van der Waals surface area contributed by atoms with Gasteiger partial charge >= 0.3 is 0 Å². The highest BCUT2D eigenvalue weighted by Crippen LogP contribution is 2.47. The van der Waals surface area contributed by atoms with E-state index in [-0.39, 0.29) is 10.7 Å². The summed E-state index contributed by atoms with van der Waals surface area (Å²) in [6.45, 7) is 6.78. The van der Waals surface area contributed by atoms with Crippen LogP contribution in [0, 0.1) is 6.92 Å². The molecule has 0 spiro atoms. The van der Waals surface area contributed by atoms with Gasteiger partial charge in [0.1, 0.15) is 0 Å². The number of thioether (sulfide) groups is 1. The van der Waals surface area contributed by atoms with Crippen molar-refractivity contribution in [1.82, 2.24) is 25.2 Å². The molecule has 1 aliphatic carbocycles. The first-order valence-corrected chi connectivity index (χ1v) is 10.7. The number of nitrogens with zero attached hydrogens (tertiary/aromatic N) is 4. The van der Waals surface area contributed by atoms with Gasteiger partial charge in [-0.25, -0.2) is 4.68 Å². The summed E-state index contributed by atoms with van der Waals surface area (Å²) in [6.07, 6.45) is 3.35. The Morgan fingerprint density at radius 2 is 2.19 bits per heavy atom. The van der Waals surface area contributed by atoms with Gasteiger partial charge in [-0.05, 0) is 56.2 Å². The second kappa shape index (κ2) is 7.28. The summed E-state index contributed by atoms with van der Waals surface area (Å²) in [5, 5.41) is 11.6. The van der Waals surface area contributed by atoms with Crippen LogP contribution in [0.4, 0.5) is 0 Å². The number of nitrogens with one attached hydrogen (secondary N) is 1. The highest BCUT2D eigenvalue weighted by Gasteiger charge is 2.43. The Morgan fingerprint density at radius 3 is 2.93 bits per heavy atom. The largest absolute Gasteiger partial charge is 0.349 e. The lowest BCUT2D eigenvalue weighted by atomic mass is 9.98. The lowest BCUT2D eigenvalue weighted by Crippen LogP contribution is -2.32. The molecule has 0 saturated heterocycles. The molecular formula is C20H27N5OS. The van der Waals surface area contributed by atoms with Gasteiger partial charge in [0.2, 0.25) is 0 Å². The topological polar surface area (TPSA) is 63.1 Å². The summed E-state index contributed by atoms with van der Waals surface area (Å²) in [5.74, 6) is 0.964. The minimum atomic E-state index is -0.119. The molecule has 1 aromatic heterocycles. The first-order chi connectivity index (χ1) is 13.0. The fraction of sp³-hybridized carbons (Fsp3) is 0.550. The minimum Gasteiger partial charge on any atom is -0.349 e. The summed E-state index contributed by atoms with van der Waals surface area (Å²) >= 11 is 1.94. The number of benzene rings is 1. The molecule has 2 aromatic rings. The van der Waals surface area contributed by atoms with E-state index in [1.165, 1.54) is 24.0 Å². The molecule has 6 nitrogen and oxygen atoms in total. The third-order valence-electron chi connectivity index (χ3n) is 5.60. The molecule has 0 atom stereocenters. The highest BCUT2D eigenvalue weighted by molar-refractivity contribution is 8.00. The summed E-state index contributed by atoms with van der Waals surface area (Å²) in [6, 6.07) is 6.31. The van der Waals surface area contributed by atoms with Crippen LogP contribution in [0.3, 0.4) is 0 Å². The van der Waals surface area contributed by atoms with E-state index in [0.717, 1.165) is 36.6 Å². The van der Waals surface area contributed by atoms with E-state index in [2.05, 4.69) is 52.7 Å². The fourth-order valence-electron chi connectivity index (χ4n) is 3.84. The van der Waals surface area contributed by atoms with Crippen molar-refractivity contribution in [3.63, 3.8) is 0 Å². The van der Waals surface area contributed by atoms with Crippen LogP contribution in [0.2, 0.25) is 0 Å². The summed E-state index contributed by atoms with van der Waals surface area (Å²) in [7, 11) is 2.14. The van der Waals surface area contributed by atoms with E-state index in [1.54, 1.807) is 0 Å². The zero-order valence-corrected chi connectivity index (χ0v) is 17.1. The molecule has 2 heterocycles. The Labute approximate surface area is 164 Å². The summed E-state index contributed by atoms with van der Waals surface area (Å²) in [4.78, 5) is 15.0. The zero-order chi connectivity index (χ0) is 19.0. The lowest BCUT2D eigenvalue weighted by Gasteiger charge is -2.26. The number of carbonyl (C=O) groups excluding carboxylic acids is 1. The van der Waals surface area contributed by atoms with Crippen molar-refractivity contribution in [2.24, 2.45) is 0 Å². The predicted molar refractivity (Wildman–Crippen MR) is 109 cm³/mol. The van der Waals surface area contributed by atoms with Gasteiger partial charge in [-0.1, -0.05) is 24.3 Å². The molecule has 1 saturated carbocycles. The quantitative estimate of drug-likeness (QED) is 0.828. The van der Waals surface area contributed by atoms with E-state index >= 15 is 0 Å². The maximum absolute atomic E-state index is 12.7. The maximum Gasteiger partial charge on any atom is 0.273 e. The molecule has 1 fully saturated rings. The molecule has 1 N–H and O–H groups in total. The van der Waals surface area contributed by atoms with E-state index in [9.17, 15) is 4.79 Å². The number of hydrogen-bond acceptors (Lipinski definition) is 5. The third-order valence-corrected chi connectivity index (χ3v) is 7.05. The van der Waals surface area contributed by atoms with Crippen LogP contribution < -0.4 is 5.32 Å². The van der Waals surface area contributed by atoms with Crippen LogP contribution in [0.15, 0.2) is 18.2 Å². The van der Waals surface area contributed by atoms with Gasteiger partial charge in [0, 0.05) is 24.4 Å². The van der Waals surface area contributed by atoms with Crippen molar-refractivity contribution in [3.8, 4) is 5.69 Å². The molecule has 0 bridgehead atoms. The van der Waals surface area contributed by atoms with E-state index in [0.29, 0.717) is 12.2 Å². The molecule has 1 aliphatic heterocycles. The normalized spacial score (nSPS) is 18.2. The lowest BCUT2D eigenvalue weighted by molar-refractivity contribution is 0.0947. The number of carbonyl (C=O) groups is 1. The van der Waals surface area contributed by atoms with Crippen molar-refractivity contribution in [2.45, 2.75) is 44.4 Å². The SMILES string of the molecule is CCSC1(CNC(=O)c2nnn(-c3cccc4c3CCN(C)C4)c2C)CC1. The average molecular weight is 386 g/mol. The molecule has 0 radical (unpaired) electrons. The zero-order valence-electron chi connectivity index (χ0n) is 16.3. The Kier molecular flexibility index (Phi) is 4.99. The highest BCUT2D eigenvalue weighted by atomic mass is 32.2. The molecule has 2 aliphatic rings. The number of hydrogen-bond donors (Lipinski definition) is 1. The molecule has 27 heavy (non-hydrogen) atoms. The van der Waals surface area contributed by atoms with E-state index < -0.39 is 0 Å². The standard InChI is InChI=1S/C20H27N5OS/c1-4-27-20(9-10-20)13-21-19(26)18-14(2)25(23-22-18)17-7-5-6-15-12-24(3)11-8-16(15)17/h5-7H,4,8-13H2,1-3H3,(H,21,26). The first-order valence-electron chi connectivity index (χ1n) is 9.67. The molecule has 1 aromatic carbocycles. The maximum atomic E-state index is 12.7. The van der Waals surface area contributed by atoms with Gasteiger partial charge in [0.15, 0.2) is 5.69 Å². The van der Waals surface area contributed by atoms with Crippen LogP contribution in [-0.2, 0) is 13.0 Å². The second-order valence-corrected chi connectivity index (χ2v) is 9.37. The average Bonchev–Trinajstić information content (AvgIpc) is 3.32. The third kappa shape index (κ3) is 3.62. The predicted octanol–water partition coefficient (Wildman–Crippen LogP) is 2.58. The van der Waals surface area contributed by atoms with E-state index in [1.807, 2.05) is 23.4 Å². The van der Waals surface area contributed by atoms with Crippen LogP contribution in [0.25, 0.3) is 5.69 Å². The number of likely N-dealkylation sites (N-methyl/N-ethyl adjacent to an activating group) is 1. The monoisotopic (exact) mass is 385 g/mol. The van der Waals surface area contributed by atoms with Gasteiger partial charge in [-0.3, -0.25) is 4.79 Å². The van der Waals surface area contributed by atoms with Crippen LogP contribution >= 0.6 is 11.8 Å². The van der Waals surface area contributed by atoms with E-state index in [4.69, 9.17) is 0 Å². The number of fused-ring (bicyclic) bond motifs is 1. The fourth-order valence-corrected chi connectivity index (χ4v) is 5.02. The molecular weight excluding hydrogens is 358 g/mol. The Morgan fingerprint density at radius 1 is 1.37 bits per heavy atom. The molecule has 7 heteroatoms. The number of amides is 1. The van der Waals surface area contributed by atoms with Crippen molar-refractivity contribution in [1.29, 1.82) is 0 Å². The Bertz CT molecular complexity index is 858. The molecule has 1 amide bonds. The minimum absolute atomic E-state index is 0.119. The summed E-state index contributed by atoms with van der Waals surface area (Å²) < 4.78 is 2.07. The Balaban J connectivity index is 1.55. The Hall–Kier alpha value is -1.86. The second-order valence-electron chi connectivity index (χ2n) is 7.64. The number of rotatable bonds is 6. The first kappa shape index (κ1) is 18.5. The smallest absolute Gasteiger partial charge is 0.273 e. The molecule has 4 rings (SSSR count). The van der Waals surface area contributed by atoms with Crippen LogP contribution in [-0.4, -0.2) is 56.4 Å². The van der Waals surface area contributed by atoms with Crippen LogP contribution in [0.5, 0.6) is 0 Å². The van der Waals surface area contributed by atoms with Gasteiger partial charge in [0.05, 0.1) is 11.4 Å². The number of aromatic nitrogens is 3. The van der Waals surface area contributed by atoms with Gasteiger partial charge < -0.3 is 10.2 Å². The van der Waals surface area contributed by atoms with Crippen molar-refractivity contribution >= 4 is 17.7 Å². The van der Waals surface area contributed by atoms with Crippen LogP contribution in [0.1, 0.15) is 47.1 Å². The van der Waals surface area contributed by atoms with Gasteiger partial charge in [0.25, 0.3) is 5.91 Å². The summed E-state index contributed by atoms with van der Waals surface area (Å²) in [5.41, 5.74) is 4.91. The molecule has 0 unspecified atom stereocenters. The molecule has 144 valence electrons. The van der Waals surface area contributed by atoms with Crippen molar-refractivity contribution in [3.05, 3.63) is 40.7 Å².